The van der Waals surface area contributed by atoms with Crippen LogP contribution < -0.4 is 11.1 Å². The Morgan fingerprint density at radius 1 is 0.879 bits per heavy atom. The molecule has 0 radical (unpaired) electrons. The van der Waals surface area contributed by atoms with Crippen molar-refractivity contribution in [1.29, 1.82) is 0 Å². The number of cyclic esters (lactones) is 2. The highest BCUT2D eigenvalue weighted by atomic mass is 16.6. The molecule has 1 heterocycles. The van der Waals surface area contributed by atoms with E-state index in [0.29, 0.717) is 34.3 Å². The van der Waals surface area contributed by atoms with Crippen LogP contribution in [0.4, 0.5) is 0 Å². The summed E-state index contributed by atoms with van der Waals surface area (Å²) >= 11 is 0. The molecule has 0 aliphatic carbocycles. The van der Waals surface area contributed by atoms with Gasteiger partial charge in [0.2, 0.25) is 5.91 Å². The maximum atomic E-state index is 11.7. The van der Waals surface area contributed by atoms with Gasteiger partial charge in [-0.2, -0.15) is 0 Å². The lowest BCUT2D eigenvalue weighted by molar-refractivity contribution is -0.371. The summed E-state index contributed by atoms with van der Waals surface area (Å²) in [5.74, 6) is -1.71. The van der Waals surface area contributed by atoms with Crippen molar-refractivity contribution in [3.63, 3.8) is 0 Å². The van der Waals surface area contributed by atoms with Crippen LogP contribution >= 0.6 is 0 Å². The zero-order chi connectivity index (χ0) is 26.6. The highest BCUT2D eigenvalue weighted by Gasteiger charge is 2.25. The monoisotopic (exact) mass is 469 g/mol. The number of esters is 3. The van der Waals surface area contributed by atoms with Crippen molar-refractivity contribution in [2.75, 3.05) is 20.2 Å². The summed E-state index contributed by atoms with van der Waals surface area (Å²) in [7, 11) is 1.30. The van der Waals surface area contributed by atoms with E-state index < -0.39 is 17.9 Å². The number of amides is 1. The van der Waals surface area contributed by atoms with Gasteiger partial charge in [0, 0.05) is 35.3 Å². The van der Waals surface area contributed by atoms with E-state index in [1.54, 1.807) is 27.7 Å². The molecule has 8 heteroatoms. The Morgan fingerprint density at radius 3 is 1.55 bits per heavy atom. The van der Waals surface area contributed by atoms with Gasteiger partial charge in [-0.25, -0.2) is 14.4 Å². The molecule has 1 aliphatic heterocycles. The number of carbonyl (C=O) groups is 4. The Kier molecular flexibility index (Phi) is 14.5. The average molecular weight is 470 g/mol. The van der Waals surface area contributed by atoms with Crippen LogP contribution in [0.25, 0.3) is 0 Å². The number of ether oxygens (including phenoxy) is 2. The summed E-state index contributed by atoms with van der Waals surface area (Å²) in [6.45, 7) is 21.1. The maximum absolute atomic E-state index is 11.7. The predicted molar refractivity (Wildman–Crippen MR) is 129 cm³/mol. The Bertz CT molecular complexity index is 743. The van der Waals surface area contributed by atoms with E-state index >= 15 is 0 Å². The molecule has 0 unspecified atom stereocenters. The molecule has 0 aromatic rings. The van der Waals surface area contributed by atoms with E-state index in [9.17, 15) is 19.2 Å². The van der Waals surface area contributed by atoms with E-state index in [0.717, 1.165) is 13.0 Å². The fraction of sp³-hybridized carbons (Fsp3) is 0.680. The second-order valence-corrected chi connectivity index (χ2v) is 10.4. The van der Waals surface area contributed by atoms with Crippen molar-refractivity contribution in [2.24, 2.45) is 10.8 Å². The van der Waals surface area contributed by atoms with Gasteiger partial charge >= 0.3 is 17.9 Å². The normalized spacial score (nSPS) is 14.3. The van der Waals surface area contributed by atoms with Gasteiger partial charge in [-0.05, 0) is 44.9 Å². The maximum Gasteiger partial charge on any atom is 0.342 e. The summed E-state index contributed by atoms with van der Waals surface area (Å²) in [4.78, 5) is 43.9. The van der Waals surface area contributed by atoms with Crippen molar-refractivity contribution in [3.05, 3.63) is 22.3 Å². The van der Waals surface area contributed by atoms with Gasteiger partial charge < -0.3 is 20.5 Å². The van der Waals surface area contributed by atoms with Gasteiger partial charge in [-0.15, -0.1) is 0 Å². The smallest absolute Gasteiger partial charge is 0.342 e. The van der Waals surface area contributed by atoms with Crippen LogP contribution in [0, 0.1) is 10.8 Å². The summed E-state index contributed by atoms with van der Waals surface area (Å²) in [5.41, 5.74) is 6.03. The first-order chi connectivity index (χ1) is 14.9. The molecule has 0 fully saturated rings. The SMILES string of the molecule is CC(C)(C)CC[NH3+].CC1=C(C)C(=O)OC1=O.COC(=O)C(C)=C(C)C(=O)NCCC(C)(C)C. The highest BCUT2D eigenvalue weighted by Crippen LogP contribution is 2.17. The van der Waals surface area contributed by atoms with Crippen molar-refractivity contribution in [1.82, 2.24) is 5.32 Å². The van der Waals surface area contributed by atoms with Crippen LogP contribution in [0.1, 0.15) is 82.1 Å². The van der Waals surface area contributed by atoms with Crippen LogP contribution in [0.2, 0.25) is 0 Å². The molecule has 0 atom stereocenters. The lowest BCUT2D eigenvalue weighted by atomic mass is 9.92. The number of nitrogens with one attached hydrogen (secondary N) is 1. The third-order valence-corrected chi connectivity index (χ3v) is 4.84. The molecule has 0 aromatic heterocycles. The minimum atomic E-state index is -0.516. The first-order valence-corrected chi connectivity index (χ1v) is 11.1. The van der Waals surface area contributed by atoms with Crippen molar-refractivity contribution >= 4 is 23.8 Å². The summed E-state index contributed by atoms with van der Waals surface area (Å²) in [6.07, 6.45) is 2.12. The molecule has 33 heavy (non-hydrogen) atoms. The topological polar surface area (TPSA) is 126 Å². The fourth-order valence-corrected chi connectivity index (χ4v) is 2.23. The number of methoxy groups -OCH3 is 1. The molecule has 1 amide bonds. The van der Waals surface area contributed by atoms with E-state index in [4.69, 9.17) is 0 Å². The molecule has 1 aliphatic rings. The number of carbonyl (C=O) groups excluding carboxylic acids is 4. The number of rotatable bonds is 5. The fourth-order valence-electron chi connectivity index (χ4n) is 2.23. The van der Waals surface area contributed by atoms with Crippen molar-refractivity contribution in [2.45, 2.75) is 82.1 Å². The second-order valence-electron chi connectivity index (χ2n) is 10.4. The van der Waals surface area contributed by atoms with Crippen LogP contribution in [0.3, 0.4) is 0 Å². The summed E-state index contributed by atoms with van der Waals surface area (Å²) < 4.78 is 8.80. The first kappa shape index (κ1) is 32.7. The van der Waals surface area contributed by atoms with Crippen molar-refractivity contribution < 1.29 is 34.4 Å². The van der Waals surface area contributed by atoms with Crippen LogP contribution in [-0.2, 0) is 28.7 Å². The van der Waals surface area contributed by atoms with Gasteiger partial charge in [0.15, 0.2) is 0 Å². The van der Waals surface area contributed by atoms with E-state index in [-0.39, 0.29) is 11.3 Å². The van der Waals surface area contributed by atoms with Crippen LogP contribution in [0.15, 0.2) is 22.3 Å². The molecule has 1 rings (SSSR count). The molecule has 8 nitrogen and oxygen atoms in total. The summed E-state index contributed by atoms with van der Waals surface area (Å²) in [5, 5.41) is 2.79. The minimum Gasteiger partial charge on any atom is -0.466 e. The van der Waals surface area contributed by atoms with E-state index in [2.05, 4.69) is 62.1 Å². The van der Waals surface area contributed by atoms with Gasteiger partial charge in [-0.3, -0.25) is 4.79 Å². The summed E-state index contributed by atoms with van der Waals surface area (Å²) in [6, 6.07) is 0. The van der Waals surface area contributed by atoms with Gasteiger partial charge in [0.1, 0.15) is 0 Å². The third-order valence-electron chi connectivity index (χ3n) is 4.84. The average Bonchev–Trinajstić information content (AvgIpc) is 2.90. The highest BCUT2D eigenvalue weighted by molar-refractivity contribution is 6.11. The quantitative estimate of drug-likeness (QED) is 0.362. The second kappa shape index (κ2) is 14.6. The van der Waals surface area contributed by atoms with Crippen LogP contribution in [0.5, 0.6) is 0 Å². The lowest BCUT2D eigenvalue weighted by Gasteiger charge is -2.18. The molecule has 190 valence electrons. The molecule has 0 saturated heterocycles. The number of hydrogen-bond donors (Lipinski definition) is 2. The third kappa shape index (κ3) is 15.1. The first-order valence-electron chi connectivity index (χ1n) is 11.1. The molecular formula is C25H45N2O6+. The van der Waals surface area contributed by atoms with Gasteiger partial charge in [-0.1, -0.05) is 41.5 Å². The molecular weight excluding hydrogens is 424 g/mol. The number of quaternary nitrogens is 1. The lowest BCUT2D eigenvalue weighted by Crippen LogP contribution is -2.51. The largest absolute Gasteiger partial charge is 0.466 e. The Hall–Kier alpha value is -2.48. The molecule has 0 saturated carbocycles. The van der Waals surface area contributed by atoms with Gasteiger partial charge in [0.05, 0.1) is 13.7 Å². The number of hydrogen-bond acceptors (Lipinski definition) is 6. The van der Waals surface area contributed by atoms with Gasteiger partial charge in [0.25, 0.3) is 0 Å². The Labute approximate surface area is 199 Å². The Morgan fingerprint density at radius 2 is 1.30 bits per heavy atom. The molecule has 4 N–H and O–H groups in total. The van der Waals surface area contributed by atoms with Crippen molar-refractivity contribution in [3.8, 4) is 0 Å². The molecule has 0 bridgehead atoms. The standard InChI is InChI=1S/C13H23NO3.C6H15N.C6H6O3/c1-9(10(2)12(16)17-6)11(15)14-8-7-13(3,4)5;1-6(2,3)4-5-7;1-3-4(2)6(8)9-5(3)7/h7-8H2,1-6H3,(H,14,15);4-5,7H2,1-3H3;1-2H3/p+1. The van der Waals surface area contributed by atoms with Crippen LogP contribution in [-0.4, -0.2) is 44.0 Å². The minimum absolute atomic E-state index is 0.183. The molecule has 0 aromatic carbocycles. The van der Waals surface area contributed by atoms with E-state index in [1.807, 2.05) is 0 Å². The molecule has 0 spiro atoms. The Balaban J connectivity index is 0. The zero-order valence-corrected chi connectivity index (χ0v) is 22.5. The van der Waals surface area contributed by atoms with E-state index in [1.165, 1.54) is 13.5 Å². The predicted octanol–water partition coefficient (Wildman–Crippen LogP) is 3.12. The zero-order valence-electron chi connectivity index (χ0n) is 22.5.